The zero-order valence-electron chi connectivity index (χ0n) is 14.2. The van der Waals surface area contributed by atoms with E-state index in [1.165, 1.54) is 0 Å². The third-order valence-corrected chi connectivity index (χ3v) is 4.70. The fraction of sp³-hybridized carbons (Fsp3) is 0.278. The van der Waals surface area contributed by atoms with Crippen LogP contribution in [-0.4, -0.2) is 16.7 Å². The van der Waals surface area contributed by atoms with E-state index in [0.717, 1.165) is 33.6 Å². The number of pyridine rings is 1. The number of methoxy groups -OCH3 is 1. The monoisotopic (exact) mass is 400 g/mol. The van der Waals surface area contributed by atoms with E-state index in [9.17, 15) is 0 Å². The Balaban J connectivity index is 0.00000225. The second-order valence-electron chi connectivity index (χ2n) is 5.59. The van der Waals surface area contributed by atoms with Crippen LogP contribution in [0.5, 0.6) is 5.75 Å². The molecule has 0 aliphatic carbocycles. The first-order valence-corrected chi connectivity index (χ1v) is 8.28. The van der Waals surface area contributed by atoms with Gasteiger partial charge in [0.15, 0.2) is 0 Å². The van der Waals surface area contributed by atoms with Crippen molar-refractivity contribution in [3.63, 3.8) is 0 Å². The van der Waals surface area contributed by atoms with Crippen LogP contribution in [0, 0.1) is 13.8 Å². The minimum atomic E-state index is 0. The summed E-state index contributed by atoms with van der Waals surface area (Å²) in [7, 11) is 1.67. The fourth-order valence-electron chi connectivity index (χ4n) is 2.71. The first-order valence-electron chi connectivity index (χ1n) is 7.53. The second-order valence-corrected chi connectivity index (χ2v) is 6.43. The van der Waals surface area contributed by atoms with E-state index in [2.05, 4.69) is 23.4 Å². The van der Waals surface area contributed by atoms with Gasteiger partial charge in [0.1, 0.15) is 24.6 Å². The third-order valence-electron chi connectivity index (χ3n) is 4.12. The standard InChI is InChI=1S/C18H18Cl2N2O2.ClH/c1-11-12(2)22(10-23-3)18-16(6-7-21-17(11)18)24-9-13-4-5-14(19)8-15(13)20;/h4-8H,9-10H2,1-3H3;1H. The predicted octanol–water partition coefficient (Wildman–Crippen LogP) is 5.56. The Hall–Kier alpha value is -1.46. The topological polar surface area (TPSA) is 36.3 Å². The molecule has 3 aromatic rings. The minimum absolute atomic E-state index is 0. The lowest BCUT2D eigenvalue weighted by molar-refractivity contribution is 0.132. The van der Waals surface area contributed by atoms with Crippen molar-refractivity contribution in [2.45, 2.75) is 27.2 Å². The zero-order chi connectivity index (χ0) is 17.3. The minimum Gasteiger partial charge on any atom is -0.487 e. The smallest absolute Gasteiger partial charge is 0.147 e. The lowest BCUT2D eigenvalue weighted by Crippen LogP contribution is -2.04. The summed E-state index contributed by atoms with van der Waals surface area (Å²) in [6.07, 6.45) is 1.75. The van der Waals surface area contributed by atoms with Crippen molar-refractivity contribution >= 4 is 46.6 Å². The largest absolute Gasteiger partial charge is 0.487 e. The van der Waals surface area contributed by atoms with E-state index in [0.29, 0.717) is 23.4 Å². The molecule has 7 heteroatoms. The van der Waals surface area contributed by atoms with Gasteiger partial charge >= 0.3 is 0 Å². The number of fused-ring (bicyclic) bond motifs is 1. The van der Waals surface area contributed by atoms with Gasteiger partial charge < -0.3 is 14.0 Å². The van der Waals surface area contributed by atoms with Crippen LogP contribution in [-0.2, 0) is 18.1 Å². The molecule has 0 atom stereocenters. The number of nitrogens with zero attached hydrogens (tertiary/aromatic N) is 2. The Morgan fingerprint density at radius 3 is 2.60 bits per heavy atom. The molecule has 0 aliphatic rings. The third kappa shape index (κ3) is 3.87. The Bertz CT molecular complexity index is 894. The van der Waals surface area contributed by atoms with Crippen molar-refractivity contribution in [3.8, 4) is 5.75 Å². The van der Waals surface area contributed by atoms with Crippen LogP contribution in [0.4, 0.5) is 0 Å². The van der Waals surface area contributed by atoms with Crippen molar-refractivity contribution in [1.82, 2.24) is 9.55 Å². The van der Waals surface area contributed by atoms with Gasteiger partial charge in [0.05, 0.1) is 5.52 Å². The van der Waals surface area contributed by atoms with Gasteiger partial charge in [-0.15, -0.1) is 12.4 Å². The molecule has 0 saturated carbocycles. The molecule has 0 N–H and O–H groups in total. The average molecular weight is 402 g/mol. The maximum Gasteiger partial charge on any atom is 0.147 e. The highest BCUT2D eigenvalue weighted by Gasteiger charge is 2.16. The highest BCUT2D eigenvalue weighted by molar-refractivity contribution is 6.35. The Kier molecular flexibility index (Phi) is 6.58. The van der Waals surface area contributed by atoms with Crippen LogP contribution in [0.3, 0.4) is 0 Å². The van der Waals surface area contributed by atoms with E-state index >= 15 is 0 Å². The number of hydrogen-bond donors (Lipinski definition) is 0. The van der Waals surface area contributed by atoms with Gasteiger partial charge in [0, 0.05) is 40.7 Å². The Labute approximate surface area is 163 Å². The highest BCUT2D eigenvalue weighted by atomic mass is 35.5. The number of aryl methyl sites for hydroxylation is 1. The van der Waals surface area contributed by atoms with Crippen LogP contribution in [0.1, 0.15) is 16.8 Å². The van der Waals surface area contributed by atoms with E-state index in [4.69, 9.17) is 32.7 Å². The normalized spacial score (nSPS) is 10.8. The molecule has 2 aromatic heterocycles. The summed E-state index contributed by atoms with van der Waals surface area (Å²) in [6, 6.07) is 7.24. The van der Waals surface area contributed by atoms with Gasteiger partial charge in [-0.05, 0) is 31.5 Å². The van der Waals surface area contributed by atoms with Crippen LogP contribution in [0.2, 0.25) is 10.0 Å². The van der Waals surface area contributed by atoms with Crippen molar-refractivity contribution in [3.05, 3.63) is 57.3 Å². The molecule has 0 fully saturated rings. The van der Waals surface area contributed by atoms with Crippen LogP contribution in [0.25, 0.3) is 11.0 Å². The van der Waals surface area contributed by atoms with Crippen molar-refractivity contribution in [1.29, 1.82) is 0 Å². The first kappa shape index (κ1) is 19.9. The molecule has 1 aromatic carbocycles. The van der Waals surface area contributed by atoms with E-state index in [-0.39, 0.29) is 12.4 Å². The van der Waals surface area contributed by atoms with Crippen LogP contribution >= 0.6 is 35.6 Å². The van der Waals surface area contributed by atoms with E-state index in [1.54, 1.807) is 25.4 Å². The molecular weight excluding hydrogens is 383 g/mol. The highest BCUT2D eigenvalue weighted by Crippen LogP contribution is 2.32. The van der Waals surface area contributed by atoms with Crippen molar-refractivity contribution < 1.29 is 9.47 Å². The molecule has 25 heavy (non-hydrogen) atoms. The van der Waals surface area contributed by atoms with Gasteiger partial charge in [0.25, 0.3) is 0 Å². The number of rotatable bonds is 5. The lowest BCUT2D eigenvalue weighted by Gasteiger charge is -2.12. The van der Waals surface area contributed by atoms with Crippen molar-refractivity contribution in [2.75, 3.05) is 7.11 Å². The molecule has 0 amide bonds. The molecule has 134 valence electrons. The summed E-state index contributed by atoms with van der Waals surface area (Å²) in [6.45, 7) is 4.90. The molecule has 2 heterocycles. The van der Waals surface area contributed by atoms with Crippen LogP contribution in [0.15, 0.2) is 30.5 Å². The molecule has 0 bridgehead atoms. The zero-order valence-corrected chi connectivity index (χ0v) is 16.5. The van der Waals surface area contributed by atoms with Gasteiger partial charge in [-0.1, -0.05) is 29.3 Å². The molecule has 0 unspecified atom stereocenters. The van der Waals surface area contributed by atoms with E-state index < -0.39 is 0 Å². The summed E-state index contributed by atoms with van der Waals surface area (Å²) >= 11 is 12.2. The predicted molar refractivity (Wildman–Crippen MR) is 104 cm³/mol. The lowest BCUT2D eigenvalue weighted by atomic mass is 10.2. The van der Waals surface area contributed by atoms with Gasteiger partial charge in [-0.2, -0.15) is 0 Å². The van der Waals surface area contributed by atoms with Gasteiger partial charge in [0.2, 0.25) is 0 Å². The number of ether oxygens (including phenoxy) is 2. The van der Waals surface area contributed by atoms with Gasteiger partial charge in [-0.25, -0.2) is 0 Å². The molecule has 0 spiro atoms. The van der Waals surface area contributed by atoms with Gasteiger partial charge in [-0.3, -0.25) is 4.98 Å². The molecular formula is C18H19Cl3N2O2. The first-order chi connectivity index (χ1) is 11.5. The SMILES string of the molecule is COCn1c(C)c(C)c2nccc(OCc3ccc(Cl)cc3Cl)c21.Cl. The van der Waals surface area contributed by atoms with E-state index in [1.807, 2.05) is 12.1 Å². The molecule has 0 saturated heterocycles. The Morgan fingerprint density at radius 1 is 1.16 bits per heavy atom. The summed E-state index contributed by atoms with van der Waals surface area (Å²) < 4.78 is 13.4. The molecule has 0 aliphatic heterocycles. The average Bonchev–Trinajstić information content (AvgIpc) is 2.80. The number of aromatic nitrogens is 2. The number of benzene rings is 1. The second kappa shape index (κ2) is 8.28. The summed E-state index contributed by atoms with van der Waals surface area (Å²) in [4.78, 5) is 4.49. The summed E-state index contributed by atoms with van der Waals surface area (Å²) in [5, 5.41) is 1.20. The molecule has 4 nitrogen and oxygen atoms in total. The summed E-state index contributed by atoms with van der Waals surface area (Å²) in [5.74, 6) is 0.749. The summed E-state index contributed by atoms with van der Waals surface area (Å²) in [5.41, 5.74) is 4.96. The maximum absolute atomic E-state index is 6.22. The fourth-order valence-corrected chi connectivity index (χ4v) is 3.18. The number of halogens is 3. The van der Waals surface area contributed by atoms with Crippen LogP contribution < -0.4 is 4.74 Å². The quantitative estimate of drug-likeness (QED) is 0.561. The molecule has 0 radical (unpaired) electrons. The molecule has 3 rings (SSSR count). The number of hydrogen-bond acceptors (Lipinski definition) is 3. The van der Waals surface area contributed by atoms with Crippen molar-refractivity contribution in [2.24, 2.45) is 0 Å². The maximum atomic E-state index is 6.22. The Morgan fingerprint density at radius 2 is 1.92 bits per heavy atom.